The van der Waals surface area contributed by atoms with Crippen LogP contribution in [0, 0.1) is 10.1 Å². The van der Waals surface area contributed by atoms with Crippen molar-refractivity contribution in [2.24, 2.45) is 4.99 Å². The van der Waals surface area contributed by atoms with Crippen LogP contribution in [0.25, 0.3) is 0 Å². The van der Waals surface area contributed by atoms with Crippen molar-refractivity contribution >= 4 is 23.0 Å². The number of benzene rings is 2. The number of nitrogens with one attached hydrogen (secondary N) is 1. The molecule has 7 nitrogen and oxygen atoms in total. The van der Waals surface area contributed by atoms with E-state index in [1.165, 1.54) is 12.1 Å². The number of nitro benzene ring substituents is 1. The van der Waals surface area contributed by atoms with Crippen molar-refractivity contribution in [3.63, 3.8) is 0 Å². The van der Waals surface area contributed by atoms with E-state index < -0.39 is 0 Å². The third kappa shape index (κ3) is 2.56. The summed E-state index contributed by atoms with van der Waals surface area (Å²) in [6, 6.07) is 14.8. The fourth-order valence-corrected chi connectivity index (χ4v) is 3.82. The predicted octanol–water partition coefficient (Wildman–Crippen LogP) is 3.38. The summed E-state index contributed by atoms with van der Waals surface area (Å²) in [5, 5.41) is 14.4. The lowest BCUT2D eigenvalue weighted by Gasteiger charge is -2.40. The number of anilines is 2. The Hall–Kier alpha value is -3.09. The Kier molecular flexibility index (Phi) is 3.99. The van der Waals surface area contributed by atoms with Gasteiger partial charge in [0, 0.05) is 19.2 Å². The molecule has 0 spiro atoms. The van der Waals surface area contributed by atoms with Crippen LogP contribution in [0.1, 0.15) is 18.4 Å². The standard InChI is InChI=1S/C19H20N4O3/c1-3-26-19-16(12-8-10-13(11-9-12)23(24)25)17-18(21-19)20-14-6-4-5-7-15(14)22(17)2/h4-11,16-18,20H,3H2,1-2H3. The maximum Gasteiger partial charge on any atom is 0.269 e. The summed E-state index contributed by atoms with van der Waals surface area (Å²) in [6.07, 6.45) is -0.128. The molecule has 0 saturated heterocycles. The quantitative estimate of drug-likeness (QED) is 0.676. The van der Waals surface area contributed by atoms with E-state index in [1.807, 2.05) is 25.1 Å². The molecule has 0 aliphatic carbocycles. The Morgan fingerprint density at radius 2 is 1.96 bits per heavy atom. The van der Waals surface area contributed by atoms with E-state index in [2.05, 4.69) is 23.3 Å². The number of likely N-dealkylation sites (N-methyl/N-ethyl adjacent to an activating group) is 1. The van der Waals surface area contributed by atoms with Crippen LogP contribution in [-0.2, 0) is 4.74 Å². The lowest BCUT2D eigenvalue weighted by Crippen LogP contribution is -2.49. The smallest absolute Gasteiger partial charge is 0.269 e. The van der Waals surface area contributed by atoms with Gasteiger partial charge in [-0.15, -0.1) is 0 Å². The van der Waals surface area contributed by atoms with Crippen LogP contribution in [0.15, 0.2) is 53.5 Å². The van der Waals surface area contributed by atoms with Gasteiger partial charge in [-0.1, -0.05) is 24.3 Å². The molecule has 1 N–H and O–H groups in total. The van der Waals surface area contributed by atoms with Crippen LogP contribution in [0.2, 0.25) is 0 Å². The lowest BCUT2D eigenvalue weighted by molar-refractivity contribution is -0.384. The molecular formula is C19H20N4O3. The van der Waals surface area contributed by atoms with Crippen molar-refractivity contribution in [3.8, 4) is 0 Å². The first-order chi connectivity index (χ1) is 12.6. The largest absolute Gasteiger partial charge is 0.481 e. The van der Waals surface area contributed by atoms with E-state index in [1.54, 1.807) is 12.1 Å². The normalized spacial score (nSPS) is 23.5. The molecule has 7 heteroatoms. The van der Waals surface area contributed by atoms with Gasteiger partial charge in [0.1, 0.15) is 6.17 Å². The second-order valence-corrected chi connectivity index (χ2v) is 6.43. The van der Waals surface area contributed by atoms with E-state index in [0.717, 1.165) is 16.9 Å². The van der Waals surface area contributed by atoms with Crippen LogP contribution < -0.4 is 10.2 Å². The molecule has 0 bridgehead atoms. The number of ether oxygens (including phenoxy) is 1. The minimum Gasteiger partial charge on any atom is -0.481 e. The summed E-state index contributed by atoms with van der Waals surface area (Å²) in [4.78, 5) is 17.6. The zero-order chi connectivity index (χ0) is 18.3. The molecule has 3 unspecified atom stereocenters. The molecule has 3 atom stereocenters. The van der Waals surface area contributed by atoms with Gasteiger partial charge in [0.25, 0.3) is 5.69 Å². The number of aliphatic imine (C=N–C) groups is 1. The zero-order valence-electron chi connectivity index (χ0n) is 14.6. The van der Waals surface area contributed by atoms with Crippen molar-refractivity contribution in [1.29, 1.82) is 0 Å². The van der Waals surface area contributed by atoms with Gasteiger partial charge < -0.3 is 15.0 Å². The molecule has 134 valence electrons. The van der Waals surface area contributed by atoms with E-state index >= 15 is 0 Å². The molecule has 0 fully saturated rings. The molecule has 2 heterocycles. The van der Waals surface area contributed by atoms with Crippen molar-refractivity contribution in [1.82, 2.24) is 0 Å². The zero-order valence-corrected chi connectivity index (χ0v) is 14.6. The Labute approximate surface area is 151 Å². The van der Waals surface area contributed by atoms with Crippen molar-refractivity contribution in [2.45, 2.75) is 25.0 Å². The second kappa shape index (κ2) is 6.33. The molecular weight excluding hydrogens is 332 g/mol. The van der Waals surface area contributed by atoms with Crippen molar-refractivity contribution in [3.05, 3.63) is 64.2 Å². The van der Waals surface area contributed by atoms with Gasteiger partial charge in [-0.05, 0) is 24.6 Å². The molecule has 2 aromatic rings. The number of fused-ring (bicyclic) bond motifs is 2. The number of nitro groups is 1. The molecule has 0 amide bonds. The highest BCUT2D eigenvalue weighted by Gasteiger charge is 2.46. The van der Waals surface area contributed by atoms with Gasteiger partial charge in [-0.25, -0.2) is 4.99 Å². The molecule has 26 heavy (non-hydrogen) atoms. The number of non-ortho nitro benzene ring substituents is 1. The number of hydrogen-bond acceptors (Lipinski definition) is 6. The maximum atomic E-state index is 11.0. The first-order valence-electron chi connectivity index (χ1n) is 8.63. The van der Waals surface area contributed by atoms with Crippen LogP contribution in [0.3, 0.4) is 0 Å². The van der Waals surface area contributed by atoms with Crippen LogP contribution in [0.5, 0.6) is 0 Å². The van der Waals surface area contributed by atoms with Crippen LogP contribution >= 0.6 is 0 Å². The van der Waals surface area contributed by atoms with Gasteiger partial charge in [-0.2, -0.15) is 0 Å². The molecule has 2 aliphatic rings. The maximum absolute atomic E-state index is 11.0. The first kappa shape index (κ1) is 16.4. The van der Waals surface area contributed by atoms with Gasteiger partial charge in [0.05, 0.1) is 34.9 Å². The Morgan fingerprint density at radius 1 is 1.23 bits per heavy atom. The summed E-state index contributed by atoms with van der Waals surface area (Å²) in [5.74, 6) is 0.579. The lowest BCUT2D eigenvalue weighted by atomic mass is 9.89. The molecule has 4 rings (SSSR count). The number of hydrogen-bond donors (Lipinski definition) is 1. The molecule has 2 aromatic carbocycles. The average molecular weight is 352 g/mol. The fraction of sp³-hybridized carbons (Fsp3) is 0.316. The minimum absolute atomic E-state index is 0.0351. The minimum atomic E-state index is -0.386. The summed E-state index contributed by atoms with van der Waals surface area (Å²) in [6.45, 7) is 2.46. The van der Waals surface area contributed by atoms with Gasteiger partial charge in [0.2, 0.25) is 0 Å². The molecule has 0 saturated carbocycles. The topological polar surface area (TPSA) is 80.0 Å². The summed E-state index contributed by atoms with van der Waals surface area (Å²) >= 11 is 0. The fourth-order valence-electron chi connectivity index (χ4n) is 3.82. The summed E-state index contributed by atoms with van der Waals surface area (Å²) in [7, 11) is 2.06. The van der Waals surface area contributed by atoms with E-state index in [4.69, 9.17) is 9.73 Å². The van der Waals surface area contributed by atoms with Crippen molar-refractivity contribution < 1.29 is 9.66 Å². The first-order valence-corrected chi connectivity index (χ1v) is 8.63. The third-order valence-corrected chi connectivity index (χ3v) is 4.99. The molecule has 0 radical (unpaired) electrons. The Morgan fingerprint density at radius 3 is 2.65 bits per heavy atom. The van der Waals surface area contributed by atoms with Crippen LogP contribution in [-0.4, -0.2) is 36.7 Å². The predicted molar refractivity (Wildman–Crippen MR) is 101 cm³/mol. The number of nitrogens with zero attached hydrogens (tertiary/aromatic N) is 3. The highest BCUT2D eigenvalue weighted by atomic mass is 16.6. The summed E-state index contributed by atoms with van der Waals surface area (Å²) in [5.41, 5.74) is 3.19. The van der Waals surface area contributed by atoms with Gasteiger partial charge in [0.15, 0.2) is 5.90 Å². The number of rotatable bonds is 3. The highest BCUT2D eigenvalue weighted by Crippen LogP contribution is 2.42. The second-order valence-electron chi connectivity index (χ2n) is 6.43. The highest BCUT2D eigenvalue weighted by molar-refractivity contribution is 5.90. The monoisotopic (exact) mass is 352 g/mol. The van der Waals surface area contributed by atoms with E-state index in [9.17, 15) is 10.1 Å². The Balaban J connectivity index is 1.74. The number of para-hydroxylation sites is 2. The van der Waals surface area contributed by atoms with Crippen molar-refractivity contribution in [2.75, 3.05) is 23.9 Å². The van der Waals surface area contributed by atoms with E-state index in [-0.39, 0.29) is 28.7 Å². The van der Waals surface area contributed by atoms with Gasteiger partial charge >= 0.3 is 0 Å². The van der Waals surface area contributed by atoms with Crippen LogP contribution in [0.4, 0.5) is 17.1 Å². The van der Waals surface area contributed by atoms with E-state index in [0.29, 0.717) is 12.5 Å². The third-order valence-electron chi connectivity index (χ3n) is 4.99. The summed E-state index contributed by atoms with van der Waals surface area (Å²) < 4.78 is 5.84. The molecule has 2 aliphatic heterocycles. The average Bonchev–Trinajstić information content (AvgIpc) is 3.00. The van der Waals surface area contributed by atoms with Gasteiger partial charge in [-0.3, -0.25) is 10.1 Å². The Bertz CT molecular complexity index is 865. The SMILES string of the molecule is CCOC1=NC2Nc3ccccc3N(C)C2C1c1ccc([N+](=O)[O-])cc1. The molecule has 0 aromatic heterocycles.